The monoisotopic (exact) mass is 286 g/mol. The maximum absolute atomic E-state index is 6.21. The minimum absolute atomic E-state index is 0.0171. The highest BCUT2D eigenvalue weighted by atomic mass is 35.5. The van der Waals surface area contributed by atoms with E-state index in [4.69, 9.17) is 31.5 Å². The summed E-state index contributed by atoms with van der Waals surface area (Å²) in [5.41, 5.74) is 6.79. The molecule has 0 saturated carbocycles. The molecule has 1 atom stereocenters. The Morgan fingerprint density at radius 1 is 1.42 bits per heavy atom. The van der Waals surface area contributed by atoms with Crippen LogP contribution in [-0.2, 0) is 4.74 Å². The molecule has 0 radical (unpaired) electrons. The lowest BCUT2D eigenvalue weighted by Crippen LogP contribution is -2.31. The number of nitrogens with one attached hydrogen (secondary N) is 1. The van der Waals surface area contributed by atoms with Crippen molar-refractivity contribution in [3.05, 3.63) is 22.7 Å². The van der Waals surface area contributed by atoms with E-state index in [0.29, 0.717) is 42.9 Å². The standard InChI is InChI=1S/C13H19ClN2O3/c1-17-3-2-16-11(8-15)9-6-10(14)13-12(7-9)18-4-5-19-13/h6-7,11,16H,2-5,8,15H2,1H3. The van der Waals surface area contributed by atoms with Gasteiger partial charge in [0, 0.05) is 26.2 Å². The molecular weight excluding hydrogens is 268 g/mol. The van der Waals surface area contributed by atoms with Crippen LogP contribution >= 0.6 is 11.6 Å². The molecular formula is C13H19ClN2O3. The molecule has 1 aromatic rings. The normalized spacial score (nSPS) is 15.3. The average Bonchev–Trinajstić information content (AvgIpc) is 2.44. The Kier molecular flexibility index (Phi) is 5.27. The predicted octanol–water partition coefficient (Wildman–Crippen LogP) is 1.35. The van der Waals surface area contributed by atoms with Gasteiger partial charge in [0.2, 0.25) is 0 Å². The van der Waals surface area contributed by atoms with E-state index in [1.165, 1.54) is 0 Å². The van der Waals surface area contributed by atoms with E-state index in [2.05, 4.69) is 5.32 Å². The summed E-state index contributed by atoms with van der Waals surface area (Å²) in [5.74, 6) is 1.30. The third-order valence-corrected chi connectivity index (χ3v) is 3.23. The van der Waals surface area contributed by atoms with Crippen molar-refractivity contribution >= 4 is 11.6 Å². The van der Waals surface area contributed by atoms with Crippen LogP contribution < -0.4 is 20.5 Å². The van der Waals surface area contributed by atoms with Crippen LogP contribution in [0.2, 0.25) is 5.02 Å². The molecule has 0 aliphatic carbocycles. The molecule has 1 aliphatic rings. The number of ether oxygens (including phenoxy) is 3. The van der Waals surface area contributed by atoms with Crippen molar-refractivity contribution in [1.82, 2.24) is 5.32 Å². The molecule has 0 aromatic heterocycles. The highest BCUT2D eigenvalue weighted by molar-refractivity contribution is 6.32. The van der Waals surface area contributed by atoms with E-state index in [9.17, 15) is 0 Å². The topological polar surface area (TPSA) is 65.7 Å². The summed E-state index contributed by atoms with van der Waals surface area (Å²) < 4.78 is 16.1. The zero-order valence-corrected chi connectivity index (χ0v) is 11.7. The van der Waals surface area contributed by atoms with Gasteiger partial charge < -0.3 is 25.3 Å². The Morgan fingerprint density at radius 3 is 2.95 bits per heavy atom. The first kappa shape index (κ1) is 14.4. The molecule has 1 unspecified atom stereocenters. The van der Waals surface area contributed by atoms with Crippen molar-refractivity contribution in [3.63, 3.8) is 0 Å². The summed E-state index contributed by atoms with van der Waals surface area (Å²) in [6.07, 6.45) is 0. The van der Waals surface area contributed by atoms with Gasteiger partial charge in [-0.15, -0.1) is 0 Å². The molecule has 0 fully saturated rings. The Balaban J connectivity index is 2.16. The van der Waals surface area contributed by atoms with E-state index in [0.717, 1.165) is 12.1 Å². The third kappa shape index (κ3) is 3.51. The third-order valence-electron chi connectivity index (χ3n) is 2.95. The minimum Gasteiger partial charge on any atom is -0.486 e. The molecule has 0 amide bonds. The summed E-state index contributed by atoms with van der Waals surface area (Å²) >= 11 is 6.21. The van der Waals surface area contributed by atoms with Crippen molar-refractivity contribution in [2.45, 2.75) is 6.04 Å². The van der Waals surface area contributed by atoms with Crippen LogP contribution in [0, 0.1) is 0 Å². The first-order valence-electron chi connectivity index (χ1n) is 6.27. The molecule has 3 N–H and O–H groups in total. The smallest absolute Gasteiger partial charge is 0.179 e. The highest BCUT2D eigenvalue weighted by Crippen LogP contribution is 2.39. The van der Waals surface area contributed by atoms with E-state index < -0.39 is 0 Å². The SMILES string of the molecule is COCCNC(CN)c1cc(Cl)c2c(c1)OCCO2. The minimum atomic E-state index is 0.0171. The Bertz CT molecular complexity index is 429. The quantitative estimate of drug-likeness (QED) is 0.773. The van der Waals surface area contributed by atoms with Crippen LogP contribution in [0.25, 0.3) is 0 Å². The van der Waals surface area contributed by atoms with Gasteiger partial charge in [-0.3, -0.25) is 0 Å². The van der Waals surface area contributed by atoms with Gasteiger partial charge in [0.1, 0.15) is 13.2 Å². The van der Waals surface area contributed by atoms with Crippen LogP contribution in [0.1, 0.15) is 11.6 Å². The Hall–Kier alpha value is -1.01. The van der Waals surface area contributed by atoms with Crippen LogP contribution in [0.3, 0.4) is 0 Å². The zero-order valence-electron chi connectivity index (χ0n) is 10.9. The van der Waals surface area contributed by atoms with Gasteiger partial charge in [0.25, 0.3) is 0 Å². The van der Waals surface area contributed by atoms with Gasteiger partial charge in [0.05, 0.1) is 11.6 Å². The molecule has 19 heavy (non-hydrogen) atoms. The summed E-state index contributed by atoms with van der Waals surface area (Å²) in [7, 11) is 1.67. The molecule has 0 spiro atoms. The second kappa shape index (κ2) is 6.96. The van der Waals surface area contributed by atoms with Crippen LogP contribution in [0.4, 0.5) is 0 Å². The number of nitrogens with two attached hydrogens (primary N) is 1. The van der Waals surface area contributed by atoms with Crippen molar-refractivity contribution < 1.29 is 14.2 Å². The lowest BCUT2D eigenvalue weighted by Gasteiger charge is -2.23. The lowest BCUT2D eigenvalue weighted by molar-refractivity contribution is 0.171. The van der Waals surface area contributed by atoms with Gasteiger partial charge >= 0.3 is 0 Å². The fourth-order valence-electron chi connectivity index (χ4n) is 2.00. The highest BCUT2D eigenvalue weighted by Gasteiger charge is 2.19. The van der Waals surface area contributed by atoms with Gasteiger partial charge in [-0.25, -0.2) is 0 Å². The lowest BCUT2D eigenvalue weighted by atomic mass is 10.1. The average molecular weight is 287 g/mol. The molecule has 1 aliphatic heterocycles. The fraction of sp³-hybridized carbons (Fsp3) is 0.538. The molecule has 0 bridgehead atoms. The van der Waals surface area contributed by atoms with Crippen molar-refractivity contribution in [2.75, 3.05) is 40.0 Å². The molecule has 5 nitrogen and oxygen atoms in total. The zero-order chi connectivity index (χ0) is 13.7. The van der Waals surface area contributed by atoms with Gasteiger partial charge in [-0.1, -0.05) is 11.6 Å². The summed E-state index contributed by atoms with van der Waals surface area (Å²) in [5, 5.41) is 3.87. The van der Waals surface area contributed by atoms with Gasteiger partial charge in [-0.2, -0.15) is 0 Å². The van der Waals surface area contributed by atoms with E-state index in [-0.39, 0.29) is 6.04 Å². The number of fused-ring (bicyclic) bond motifs is 1. The molecule has 2 rings (SSSR count). The summed E-state index contributed by atoms with van der Waals surface area (Å²) in [6, 6.07) is 3.81. The number of hydrogen-bond donors (Lipinski definition) is 2. The summed E-state index contributed by atoms with van der Waals surface area (Å²) in [4.78, 5) is 0. The summed E-state index contributed by atoms with van der Waals surface area (Å²) in [6.45, 7) is 2.90. The Morgan fingerprint density at radius 2 is 2.21 bits per heavy atom. The van der Waals surface area contributed by atoms with E-state index in [1.54, 1.807) is 7.11 Å². The van der Waals surface area contributed by atoms with Crippen molar-refractivity contribution in [3.8, 4) is 11.5 Å². The first-order valence-corrected chi connectivity index (χ1v) is 6.65. The number of halogens is 1. The molecule has 6 heteroatoms. The van der Waals surface area contributed by atoms with E-state index in [1.807, 2.05) is 12.1 Å². The molecule has 106 valence electrons. The second-order valence-electron chi connectivity index (χ2n) is 4.26. The largest absolute Gasteiger partial charge is 0.486 e. The van der Waals surface area contributed by atoms with E-state index >= 15 is 0 Å². The second-order valence-corrected chi connectivity index (χ2v) is 4.67. The van der Waals surface area contributed by atoms with Crippen LogP contribution in [0.5, 0.6) is 11.5 Å². The molecule has 1 aromatic carbocycles. The molecule has 1 heterocycles. The fourth-order valence-corrected chi connectivity index (χ4v) is 2.28. The maximum Gasteiger partial charge on any atom is 0.179 e. The Labute approximate surface area is 118 Å². The predicted molar refractivity (Wildman–Crippen MR) is 74.1 cm³/mol. The molecule has 0 saturated heterocycles. The van der Waals surface area contributed by atoms with Crippen LogP contribution in [0.15, 0.2) is 12.1 Å². The first-order chi connectivity index (χ1) is 9.26. The van der Waals surface area contributed by atoms with Gasteiger partial charge in [0.15, 0.2) is 11.5 Å². The number of rotatable bonds is 6. The van der Waals surface area contributed by atoms with Crippen LogP contribution in [-0.4, -0.2) is 40.0 Å². The number of methoxy groups -OCH3 is 1. The van der Waals surface area contributed by atoms with Gasteiger partial charge in [-0.05, 0) is 17.7 Å². The number of benzene rings is 1. The van der Waals surface area contributed by atoms with Crippen molar-refractivity contribution in [2.24, 2.45) is 5.73 Å². The number of hydrogen-bond acceptors (Lipinski definition) is 5. The van der Waals surface area contributed by atoms with Crippen molar-refractivity contribution in [1.29, 1.82) is 0 Å². The maximum atomic E-state index is 6.21.